The van der Waals surface area contributed by atoms with Gasteiger partial charge in [-0.05, 0) is 114 Å². The number of aliphatic hydroxyl groups is 1. The first-order chi connectivity index (χ1) is 28.6. The summed E-state index contributed by atoms with van der Waals surface area (Å²) in [6, 6.07) is -0.343. The van der Waals surface area contributed by atoms with E-state index in [1.807, 2.05) is 27.9 Å². The number of rotatable bonds is 7. The molecule has 0 aromatic heterocycles. The average molecular weight is 960 g/mol. The summed E-state index contributed by atoms with van der Waals surface area (Å²) in [4.78, 5) is 37.9. The number of aliphatic imine (C=N–C) groups is 1. The number of esters is 1. The fraction of sp³-hybridized carbons (Fsp3) is 0.841. The lowest BCUT2D eigenvalue weighted by Crippen LogP contribution is -2.56. The van der Waals surface area contributed by atoms with Gasteiger partial charge in [0.25, 0.3) is 0 Å². The average Bonchev–Trinajstić information content (AvgIpc) is 3.78. The Labute approximate surface area is 378 Å². The van der Waals surface area contributed by atoms with E-state index in [1.54, 1.807) is 6.92 Å². The van der Waals surface area contributed by atoms with Gasteiger partial charge in [0.15, 0.2) is 35.4 Å². The summed E-state index contributed by atoms with van der Waals surface area (Å²) in [5, 5.41) is 16.0. The number of carbonyl (C=O) groups is 2. The number of nitrogens with zero attached hydrogens (tertiary/aromatic N) is 3. The van der Waals surface area contributed by atoms with Crippen LogP contribution >= 0.6 is 27.7 Å². The molecule has 17 unspecified atom stereocenters. The second-order valence-corrected chi connectivity index (χ2v) is 23.3. The molecule has 0 radical (unpaired) electrons. The van der Waals surface area contributed by atoms with Gasteiger partial charge in [0.05, 0.1) is 33.8 Å². The molecule has 7 rings (SSSR count). The van der Waals surface area contributed by atoms with Crippen LogP contribution in [0.4, 0.5) is 0 Å². The Hall–Kier alpha value is -1.25. The van der Waals surface area contributed by atoms with Crippen molar-refractivity contribution in [3.63, 3.8) is 0 Å². The number of aliphatic hydroxyl groups excluding tert-OH is 1. The Bertz CT molecular complexity index is 1730. The van der Waals surface area contributed by atoms with E-state index in [-0.39, 0.29) is 53.7 Å². The zero-order valence-electron chi connectivity index (χ0n) is 38.2. The van der Waals surface area contributed by atoms with Crippen molar-refractivity contribution in [2.45, 2.75) is 182 Å². The molecule has 1 saturated carbocycles. The van der Waals surface area contributed by atoms with Gasteiger partial charge in [0.2, 0.25) is 0 Å². The SMILES string of the molecule is COC1S(=O)/C2=C\C(=O)C(C)(OC3CCC(N(C)C)C(C)O3)C(O)CCC/C(C)=C\C3C(OC4CCC(N(C)C)C(C)O4)CC(OC(=O)C4CSC(=N4)C1(C)N2)C(C)(Br)C3C. The van der Waals surface area contributed by atoms with Gasteiger partial charge in [0.1, 0.15) is 27.5 Å². The Balaban J connectivity index is 1.35. The lowest BCUT2D eigenvalue weighted by Gasteiger charge is -2.50. The van der Waals surface area contributed by atoms with Crippen molar-refractivity contribution >= 4 is 55.3 Å². The van der Waals surface area contributed by atoms with Gasteiger partial charge < -0.3 is 48.6 Å². The van der Waals surface area contributed by atoms with Crippen molar-refractivity contribution in [1.29, 1.82) is 0 Å². The number of methoxy groups -OCH3 is 1. The second-order valence-electron chi connectivity index (χ2n) is 19.1. The zero-order valence-corrected chi connectivity index (χ0v) is 41.4. The molecule has 6 aliphatic heterocycles. The van der Waals surface area contributed by atoms with Gasteiger partial charge in [-0.2, -0.15) is 0 Å². The van der Waals surface area contributed by atoms with Crippen LogP contribution in [0.15, 0.2) is 27.7 Å². The van der Waals surface area contributed by atoms with E-state index in [1.165, 1.54) is 24.9 Å². The molecule has 7 aliphatic rings. The first kappa shape index (κ1) is 49.2. The minimum Gasteiger partial charge on any atom is -0.459 e. The smallest absolute Gasteiger partial charge is 0.332 e. The molecule has 346 valence electrons. The van der Waals surface area contributed by atoms with Gasteiger partial charge in [-0.15, -0.1) is 11.8 Å². The largest absolute Gasteiger partial charge is 0.459 e. The third-order valence-electron chi connectivity index (χ3n) is 14.2. The summed E-state index contributed by atoms with van der Waals surface area (Å²) in [5.74, 6) is -0.750. The van der Waals surface area contributed by atoms with Crippen LogP contribution in [-0.4, -0.2) is 159 Å². The molecule has 4 fully saturated rings. The quantitative estimate of drug-likeness (QED) is 0.193. The number of alkyl halides is 1. The van der Waals surface area contributed by atoms with Gasteiger partial charge >= 0.3 is 5.97 Å². The predicted octanol–water partition coefficient (Wildman–Crippen LogP) is 5.28. The molecule has 3 saturated heterocycles. The zero-order chi connectivity index (χ0) is 44.8. The maximum Gasteiger partial charge on any atom is 0.332 e. The van der Waals surface area contributed by atoms with Crippen LogP contribution in [0.3, 0.4) is 0 Å². The predicted molar refractivity (Wildman–Crippen MR) is 242 cm³/mol. The Morgan fingerprint density at radius 3 is 2.21 bits per heavy atom. The van der Waals surface area contributed by atoms with E-state index < -0.39 is 74.3 Å². The molecule has 6 heterocycles. The first-order valence-electron chi connectivity index (χ1n) is 22.0. The van der Waals surface area contributed by atoms with E-state index >= 15 is 0 Å². The molecular formula is C44H71BrN4O10S2. The van der Waals surface area contributed by atoms with E-state index in [0.29, 0.717) is 36.5 Å². The molecule has 14 nitrogen and oxygen atoms in total. The lowest BCUT2D eigenvalue weighted by atomic mass is 9.69. The minimum absolute atomic E-state index is 0.0165. The number of fused-ring (bicyclic) bond motifs is 10. The molecule has 0 spiro atoms. The lowest BCUT2D eigenvalue weighted by molar-refractivity contribution is -0.260. The van der Waals surface area contributed by atoms with Crippen LogP contribution in [0.2, 0.25) is 0 Å². The molecule has 1 aliphatic carbocycles. The fourth-order valence-corrected chi connectivity index (χ4v) is 13.5. The molecule has 17 heteroatoms. The number of ether oxygens (including phenoxy) is 6. The summed E-state index contributed by atoms with van der Waals surface area (Å²) >= 11 is 5.42. The normalized spacial score (nSPS) is 47.2. The molecule has 0 amide bonds. The molecule has 2 N–H and O–H groups in total. The van der Waals surface area contributed by atoms with Crippen LogP contribution in [0.1, 0.15) is 99.8 Å². The molecule has 0 aromatic rings. The van der Waals surface area contributed by atoms with Gasteiger partial charge in [-0.3, -0.25) is 9.79 Å². The second kappa shape index (κ2) is 19.7. The fourth-order valence-electron chi connectivity index (χ4n) is 10.1. The van der Waals surface area contributed by atoms with Crippen LogP contribution in [0, 0.1) is 11.8 Å². The number of hydrogen-bond acceptors (Lipinski definition) is 15. The van der Waals surface area contributed by atoms with Crippen molar-refractivity contribution in [1.82, 2.24) is 15.1 Å². The van der Waals surface area contributed by atoms with Gasteiger partial charge in [0, 0.05) is 49.8 Å². The number of halogens is 1. The van der Waals surface area contributed by atoms with Crippen molar-refractivity contribution in [2.24, 2.45) is 16.8 Å². The molecule has 17 atom stereocenters. The van der Waals surface area contributed by atoms with E-state index in [0.717, 1.165) is 24.8 Å². The highest BCUT2D eigenvalue weighted by Crippen LogP contribution is 2.48. The summed E-state index contributed by atoms with van der Waals surface area (Å²) in [6.07, 6.45) is 5.09. The third-order valence-corrected chi connectivity index (χ3v) is 18.5. The van der Waals surface area contributed by atoms with E-state index in [9.17, 15) is 18.9 Å². The topological polar surface area (TPSA) is 158 Å². The maximum absolute atomic E-state index is 14.6. The summed E-state index contributed by atoms with van der Waals surface area (Å²) in [6.45, 7) is 13.8. The van der Waals surface area contributed by atoms with Crippen molar-refractivity contribution in [2.75, 3.05) is 41.1 Å². The highest BCUT2D eigenvalue weighted by Gasteiger charge is 2.56. The summed E-state index contributed by atoms with van der Waals surface area (Å²) in [7, 11) is 7.80. The van der Waals surface area contributed by atoms with Crippen LogP contribution < -0.4 is 5.32 Å². The monoisotopic (exact) mass is 958 g/mol. The number of allylic oxidation sites excluding steroid dienone is 1. The Morgan fingerprint density at radius 2 is 1.61 bits per heavy atom. The third kappa shape index (κ3) is 10.3. The highest BCUT2D eigenvalue weighted by atomic mass is 79.9. The van der Waals surface area contributed by atoms with Crippen LogP contribution in [-0.2, 0) is 48.8 Å². The molecule has 0 aromatic carbocycles. The first-order valence-corrected chi connectivity index (χ1v) is 25.0. The summed E-state index contributed by atoms with van der Waals surface area (Å²) in [5.41, 5.74) is -2.68. The minimum atomic E-state index is -1.83. The van der Waals surface area contributed by atoms with Crippen LogP contribution in [0.5, 0.6) is 0 Å². The van der Waals surface area contributed by atoms with Gasteiger partial charge in [-0.1, -0.05) is 34.5 Å². The van der Waals surface area contributed by atoms with Crippen molar-refractivity contribution in [3.05, 3.63) is 22.8 Å². The highest BCUT2D eigenvalue weighted by molar-refractivity contribution is 9.10. The Kier molecular flexibility index (Phi) is 15.9. The molecular weight excluding hydrogens is 889 g/mol. The van der Waals surface area contributed by atoms with Gasteiger partial charge in [-0.25, -0.2) is 9.00 Å². The molecule has 61 heavy (non-hydrogen) atoms. The standard InChI is InChI=1S/C44H71BrN4O10S2/c1-24-14-13-15-33(50)44(7,59-38-19-17-31(49(10)11)27(4)56-38)34(51)22-36-47-43(6,41(54-12)61(36)53)40-46-29(23-60-40)39(52)58-35-21-32(28(20-24)25(2)42(35,5)45)57-37-18-16-30(48(8)9)26(3)55-37/h20,22,25-33,35,37-38,41,47,50H,13-19,21,23H2,1-12H3/b24-20-,36-22-. The van der Waals surface area contributed by atoms with Crippen molar-refractivity contribution in [3.8, 4) is 0 Å². The van der Waals surface area contributed by atoms with Crippen molar-refractivity contribution < 1.29 is 47.3 Å². The number of carbonyl (C=O) groups excluding carboxylic acids is 2. The number of nitrogens with one attached hydrogen (secondary N) is 1. The number of thioether (sulfide) groups is 1. The number of likely N-dealkylation sites (N-methyl/N-ethyl adjacent to an activating group) is 2. The van der Waals surface area contributed by atoms with Crippen LogP contribution in [0.25, 0.3) is 0 Å². The number of ketones is 1. The maximum atomic E-state index is 14.6. The summed E-state index contributed by atoms with van der Waals surface area (Å²) < 4.78 is 52.0. The Morgan fingerprint density at radius 1 is 0.984 bits per heavy atom. The molecule has 6 bridgehead atoms. The number of hydrogen-bond donors (Lipinski definition) is 2. The van der Waals surface area contributed by atoms with E-state index in [4.69, 9.17) is 33.4 Å². The van der Waals surface area contributed by atoms with E-state index in [2.05, 4.69) is 78.9 Å².